The molecular formula is C11H22N2O3S. The van der Waals surface area contributed by atoms with Crippen LogP contribution in [0.15, 0.2) is 0 Å². The standard InChI is InChI=1S/C11H22N2O3S/c1-9-6-12-4-2-10(9)7-13-17(14,15)11-3-5-16-8-11/h9-13H,2-8H2,1H3. The quantitative estimate of drug-likeness (QED) is 0.745. The molecule has 2 rings (SSSR count). The molecule has 0 spiro atoms. The van der Waals surface area contributed by atoms with E-state index in [1.165, 1.54) is 0 Å². The monoisotopic (exact) mass is 262 g/mol. The van der Waals surface area contributed by atoms with Crippen molar-refractivity contribution in [2.75, 3.05) is 32.8 Å². The molecule has 2 saturated heterocycles. The molecule has 0 radical (unpaired) electrons. The Labute approximate surface area is 103 Å². The van der Waals surface area contributed by atoms with Gasteiger partial charge in [-0.15, -0.1) is 0 Å². The summed E-state index contributed by atoms with van der Waals surface area (Å²) < 4.78 is 31.8. The van der Waals surface area contributed by atoms with Gasteiger partial charge in [0.15, 0.2) is 0 Å². The van der Waals surface area contributed by atoms with Crippen molar-refractivity contribution < 1.29 is 13.2 Å². The predicted octanol–water partition coefficient (Wildman–Crippen LogP) is -0.0597. The maximum Gasteiger partial charge on any atom is 0.216 e. The zero-order valence-corrected chi connectivity index (χ0v) is 11.1. The van der Waals surface area contributed by atoms with Gasteiger partial charge < -0.3 is 10.1 Å². The van der Waals surface area contributed by atoms with Crippen LogP contribution in [0.3, 0.4) is 0 Å². The summed E-state index contributed by atoms with van der Waals surface area (Å²) in [6.45, 7) is 5.63. The van der Waals surface area contributed by atoms with Crippen LogP contribution in [0.1, 0.15) is 19.8 Å². The van der Waals surface area contributed by atoms with Crippen molar-refractivity contribution in [1.82, 2.24) is 10.0 Å². The van der Waals surface area contributed by atoms with Gasteiger partial charge in [0, 0.05) is 13.2 Å². The van der Waals surface area contributed by atoms with Crippen molar-refractivity contribution >= 4 is 10.0 Å². The molecule has 0 amide bonds. The highest BCUT2D eigenvalue weighted by Crippen LogP contribution is 2.19. The van der Waals surface area contributed by atoms with Crippen molar-refractivity contribution in [2.45, 2.75) is 25.0 Å². The van der Waals surface area contributed by atoms with Crippen molar-refractivity contribution in [3.63, 3.8) is 0 Å². The molecule has 100 valence electrons. The molecule has 17 heavy (non-hydrogen) atoms. The fourth-order valence-corrected chi connectivity index (χ4v) is 3.83. The van der Waals surface area contributed by atoms with E-state index in [0.717, 1.165) is 19.5 Å². The van der Waals surface area contributed by atoms with E-state index in [1.807, 2.05) is 0 Å². The van der Waals surface area contributed by atoms with Crippen LogP contribution in [0.5, 0.6) is 0 Å². The fraction of sp³-hybridized carbons (Fsp3) is 1.00. The van der Waals surface area contributed by atoms with E-state index in [9.17, 15) is 8.42 Å². The SMILES string of the molecule is CC1CNCCC1CNS(=O)(=O)C1CCOC1. The highest BCUT2D eigenvalue weighted by Gasteiger charge is 2.30. The van der Waals surface area contributed by atoms with Gasteiger partial charge in [0.25, 0.3) is 0 Å². The first kappa shape index (κ1) is 13.3. The van der Waals surface area contributed by atoms with Crippen molar-refractivity contribution in [3.8, 4) is 0 Å². The molecule has 0 aliphatic carbocycles. The van der Waals surface area contributed by atoms with E-state index < -0.39 is 10.0 Å². The van der Waals surface area contributed by atoms with Crippen molar-refractivity contribution in [2.24, 2.45) is 11.8 Å². The predicted molar refractivity (Wildman–Crippen MR) is 66.3 cm³/mol. The smallest absolute Gasteiger partial charge is 0.216 e. The van der Waals surface area contributed by atoms with E-state index in [1.54, 1.807) is 0 Å². The molecule has 2 aliphatic heterocycles. The van der Waals surface area contributed by atoms with E-state index in [-0.39, 0.29) is 5.25 Å². The van der Waals surface area contributed by atoms with Gasteiger partial charge in [-0.05, 0) is 37.8 Å². The summed E-state index contributed by atoms with van der Waals surface area (Å²) in [6.07, 6.45) is 1.67. The molecule has 0 saturated carbocycles. The first-order chi connectivity index (χ1) is 8.09. The van der Waals surface area contributed by atoms with Crippen LogP contribution in [0.2, 0.25) is 0 Å². The van der Waals surface area contributed by atoms with E-state index in [4.69, 9.17) is 4.74 Å². The number of piperidine rings is 1. The third-order valence-corrected chi connectivity index (χ3v) is 5.65. The van der Waals surface area contributed by atoms with Crippen LogP contribution < -0.4 is 10.0 Å². The van der Waals surface area contributed by atoms with Gasteiger partial charge in [-0.25, -0.2) is 13.1 Å². The molecule has 3 unspecified atom stereocenters. The number of ether oxygens (including phenoxy) is 1. The lowest BCUT2D eigenvalue weighted by Crippen LogP contribution is -2.43. The van der Waals surface area contributed by atoms with Crippen molar-refractivity contribution in [3.05, 3.63) is 0 Å². The molecule has 0 aromatic rings. The Morgan fingerprint density at radius 1 is 1.41 bits per heavy atom. The lowest BCUT2D eigenvalue weighted by atomic mass is 9.88. The summed E-state index contributed by atoms with van der Waals surface area (Å²) in [5, 5.41) is 2.97. The molecule has 2 fully saturated rings. The lowest BCUT2D eigenvalue weighted by molar-refractivity contribution is 0.198. The summed E-state index contributed by atoms with van der Waals surface area (Å²) >= 11 is 0. The van der Waals surface area contributed by atoms with E-state index in [2.05, 4.69) is 17.0 Å². The minimum atomic E-state index is -3.18. The molecule has 0 bridgehead atoms. The topological polar surface area (TPSA) is 67.4 Å². The molecule has 5 nitrogen and oxygen atoms in total. The maximum absolute atomic E-state index is 12.0. The number of hydrogen-bond acceptors (Lipinski definition) is 4. The average Bonchev–Trinajstić information content (AvgIpc) is 2.82. The van der Waals surface area contributed by atoms with Crippen LogP contribution in [-0.4, -0.2) is 46.5 Å². The average molecular weight is 262 g/mol. The van der Waals surface area contributed by atoms with Crippen LogP contribution in [0, 0.1) is 11.8 Å². The molecular weight excluding hydrogens is 240 g/mol. The van der Waals surface area contributed by atoms with Crippen LogP contribution >= 0.6 is 0 Å². The second-order valence-electron chi connectivity index (χ2n) is 5.11. The molecule has 2 aliphatic rings. The minimum Gasteiger partial charge on any atom is -0.380 e. The molecule has 3 atom stereocenters. The first-order valence-corrected chi connectivity index (χ1v) is 7.91. The van der Waals surface area contributed by atoms with Crippen LogP contribution in [0.4, 0.5) is 0 Å². The van der Waals surface area contributed by atoms with Crippen molar-refractivity contribution in [1.29, 1.82) is 0 Å². The third-order valence-electron chi connectivity index (χ3n) is 3.84. The third kappa shape index (κ3) is 3.40. The first-order valence-electron chi connectivity index (χ1n) is 6.36. The molecule has 6 heteroatoms. The lowest BCUT2D eigenvalue weighted by Gasteiger charge is -2.29. The Morgan fingerprint density at radius 3 is 2.88 bits per heavy atom. The Hall–Kier alpha value is -0.170. The highest BCUT2D eigenvalue weighted by atomic mass is 32.2. The Morgan fingerprint density at radius 2 is 2.24 bits per heavy atom. The molecule has 0 aromatic carbocycles. The zero-order chi connectivity index (χ0) is 12.3. The molecule has 2 N–H and O–H groups in total. The molecule has 0 aromatic heterocycles. The number of rotatable bonds is 4. The highest BCUT2D eigenvalue weighted by molar-refractivity contribution is 7.90. The Kier molecular flexibility index (Phi) is 4.41. The summed E-state index contributed by atoms with van der Waals surface area (Å²) in [6, 6.07) is 0. The van der Waals surface area contributed by atoms with Crippen LogP contribution in [-0.2, 0) is 14.8 Å². The summed E-state index contributed by atoms with van der Waals surface area (Å²) in [7, 11) is -3.18. The van der Waals surface area contributed by atoms with Gasteiger partial charge in [0.1, 0.15) is 5.25 Å². The summed E-state index contributed by atoms with van der Waals surface area (Å²) in [4.78, 5) is 0. The minimum absolute atomic E-state index is 0.344. The fourth-order valence-electron chi connectivity index (χ4n) is 2.47. The van der Waals surface area contributed by atoms with Gasteiger partial charge in [-0.3, -0.25) is 0 Å². The van der Waals surface area contributed by atoms with Gasteiger partial charge in [-0.2, -0.15) is 0 Å². The largest absolute Gasteiger partial charge is 0.380 e. The van der Waals surface area contributed by atoms with E-state index >= 15 is 0 Å². The number of sulfonamides is 1. The summed E-state index contributed by atoms with van der Waals surface area (Å²) in [5.74, 6) is 0.986. The summed E-state index contributed by atoms with van der Waals surface area (Å²) in [5.41, 5.74) is 0. The van der Waals surface area contributed by atoms with Crippen LogP contribution in [0.25, 0.3) is 0 Å². The Bertz CT molecular complexity index is 339. The zero-order valence-electron chi connectivity index (χ0n) is 10.3. The van der Waals surface area contributed by atoms with Gasteiger partial charge in [0.2, 0.25) is 10.0 Å². The second kappa shape index (κ2) is 5.65. The van der Waals surface area contributed by atoms with Gasteiger partial charge >= 0.3 is 0 Å². The van der Waals surface area contributed by atoms with E-state index in [0.29, 0.717) is 38.0 Å². The number of hydrogen-bond donors (Lipinski definition) is 2. The molecule has 2 heterocycles. The maximum atomic E-state index is 12.0. The Balaban J connectivity index is 1.84. The second-order valence-corrected chi connectivity index (χ2v) is 7.15. The normalized spacial score (nSPS) is 35.0. The number of nitrogens with one attached hydrogen (secondary N) is 2. The van der Waals surface area contributed by atoms with Gasteiger partial charge in [-0.1, -0.05) is 6.92 Å². The van der Waals surface area contributed by atoms with Gasteiger partial charge in [0.05, 0.1) is 6.61 Å².